The number of nitrogen functional groups attached to an aromatic ring is 1. The lowest BCUT2D eigenvalue weighted by Crippen LogP contribution is -2.28. The lowest BCUT2D eigenvalue weighted by molar-refractivity contribution is 0.659. The summed E-state index contributed by atoms with van der Waals surface area (Å²) in [5.41, 5.74) is 8.25. The van der Waals surface area contributed by atoms with E-state index < -0.39 is 0 Å². The molecule has 31 heavy (non-hydrogen) atoms. The summed E-state index contributed by atoms with van der Waals surface area (Å²) >= 11 is 0. The van der Waals surface area contributed by atoms with Gasteiger partial charge < -0.3 is 16.0 Å². The van der Waals surface area contributed by atoms with Gasteiger partial charge in [-0.2, -0.15) is 9.97 Å². The third-order valence-electron chi connectivity index (χ3n) is 5.15. The zero-order valence-electron chi connectivity index (χ0n) is 16.8. The summed E-state index contributed by atoms with van der Waals surface area (Å²) in [6.45, 7) is 2.02. The predicted octanol–water partition coefficient (Wildman–Crippen LogP) is 3.20. The van der Waals surface area contributed by atoms with E-state index in [0.717, 1.165) is 5.69 Å². The number of nitrogens with one attached hydrogen (secondary N) is 2. The first kappa shape index (κ1) is 18.7. The number of hydrogen-bond donors (Lipinski definition) is 3. The van der Waals surface area contributed by atoms with Gasteiger partial charge in [-0.1, -0.05) is 37.3 Å². The molecule has 0 amide bonds. The Morgan fingerprint density at radius 1 is 1.06 bits per heavy atom. The van der Waals surface area contributed by atoms with Crippen LogP contribution in [0.3, 0.4) is 0 Å². The van der Waals surface area contributed by atoms with Crippen LogP contribution in [0.5, 0.6) is 0 Å². The van der Waals surface area contributed by atoms with E-state index >= 15 is 0 Å². The first-order valence-corrected chi connectivity index (χ1v) is 9.96. The van der Waals surface area contributed by atoms with Crippen LogP contribution in [0.25, 0.3) is 27.8 Å². The molecule has 0 aliphatic heterocycles. The highest BCUT2D eigenvalue weighted by Gasteiger charge is 2.22. The summed E-state index contributed by atoms with van der Waals surface area (Å²) in [4.78, 5) is 34.0. The fourth-order valence-electron chi connectivity index (χ4n) is 3.68. The number of imidazole rings is 1. The second-order valence-electron chi connectivity index (χ2n) is 7.10. The van der Waals surface area contributed by atoms with Crippen molar-refractivity contribution in [3.8, 4) is 5.69 Å². The van der Waals surface area contributed by atoms with E-state index in [9.17, 15) is 4.79 Å². The summed E-state index contributed by atoms with van der Waals surface area (Å²) in [6.07, 6.45) is 2.19. The van der Waals surface area contributed by atoms with Gasteiger partial charge in [-0.3, -0.25) is 9.36 Å². The molecule has 0 bridgehead atoms. The topological polar surface area (TPSA) is 127 Å². The molecule has 1 unspecified atom stereocenters. The largest absolute Gasteiger partial charge is 0.368 e. The molecule has 0 fully saturated rings. The van der Waals surface area contributed by atoms with Gasteiger partial charge >= 0.3 is 0 Å². The van der Waals surface area contributed by atoms with E-state index in [-0.39, 0.29) is 17.5 Å². The highest BCUT2D eigenvalue weighted by Crippen LogP contribution is 2.26. The molecule has 154 valence electrons. The molecule has 4 N–H and O–H groups in total. The fourth-order valence-corrected chi connectivity index (χ4v) is 3.68. The Balaban J connectivity index is 1.72. The minimum Gasteiger partial charge on any atom is -0.368 e. The van der Waals surface area contributed by atoms with Crippen LogP contribution in [-0.4, -0.2) is 29.5 Å². The first-order valence-electron chi connectivity index (χ1n) is 9.96. The number of H-pyrrole nitrogens is 1. The van der Waals surface area contributed by atoms with E-state index in [2.05, 4.69) is 25.3 Å². The molecule has 0 spiro atoms. The van der Waals surface area contributed by atoms with Crippen LogP contribution in [0.2, 0.25) is 0 Å². The van der Waals surface area contributed by atoms with E-state index in [0.29, 0.717) is 40.1 Å². The Morgan fingerprint density at radius 2 is 1.84 bits per heavy atom. The Kier molecular flexibility index (Phi) is 4.55. The van der Waals surface area contributed by atoms with Crippen LogP contribution in [-0.2, 0) is 0 Å². The molecular formula is C22H20N8O. The minimum absolute atomic E-state index is 0.115. The van der Waals surface area contributed by atoms with Gasteiger partial charge in [-0.05, 0) is 30.7 Å². The summed E-state index contributed by atoms with van der Waals surface area (Å²) < 4.78 is 1.65. The first-order chi connectivity index (χ1) is 15.2. The number of hydrogen-bond acceptors (Lipinski definition) is 7. The summed E-state index contributed by atoms with van der Waals surface area (Å²) in [5.74, 6) is 1.21. The maximum Gasteiger partial charge on any atom is 0.266 e. The standard InChI is InChI=1S/C22H20N8O/c1-2-15(26-19-17-18(25-12-24-17)28-22(23)29-19)20-27-16-11-7-6-10-14(16)21(31)30(20)13-8-4-3-5-9-13/h3-12,15H,2H2,1H3,(H4,23,24,25,26,28,29). The number of nitrogens with zero attached hydrogens (tertiary/aromatic N) is 5. The molecule has 9 nitrogen and oxygen atoms in total. The number of benzene rings is 2. The van der Waals surface area contributed by atoms with Crippen LogP contribution in [0, 0.1) is 0 Å². The number of rotatable bonds is 5. The molecule has 0 saturated carbocycles. The van der Waals surface area contributed by atoms with Crippen molar-refractivity contribution in [2.45, 2.75) is 19.4 Å². The minimum atomic E-state index is -0.321. The van der Waals surface area contributed by atoms with Gasteiger partial charge in [0, 0.05) is 0 Å². The molecule has 0 saturated heterocycles. The van der Waals surface area contributed by atoms with Crippen molar-refractivity contribution in [1.82, 2.24) is 29.5 Å². The molecule has 9 heteroatoms. The van der Waals surface area contributed by atoms with Crippen molar-refractivity contribution in [2.75, 3.05) is 11.1 Å². The van der Waals surface area contributed by atoms with Gasteiger partial charge in [0.1, 0.15) is 11.3 Å². The Labute approximate surface area is 177 Å². The fraction of sp³-hybridized carbons (Fsp3) is 0.136. The van der Waals surface area contributed by atoms with Gasteiger partial charge in [0.15, 0.2) is 11.5 Å². The van der Waals surface area contributed by atoms with Crippen LogP contribution < -0.4 is 16.6 Å². The smallest absolute Gasteiger partial charge is 0.266 e. The Morgan fingerprint density at radius 3 is 2.65 bits per heavy atom. The highest BCUT2D eigenvalue weighted by atomic mass is 16.1. The molecule has 2 aromatic carbocycles. The highest BCUT2D eigenvalue weighted by molar-refractivity contribution is 5.83. The zero-order valence-corrected chi connectivity index (χ0v) is 16.8. The van der Waals surface area contributed by atoms with Gasteiger partial charge in [-0.25, -0.2) is 9.97 Å². The monoisotopic (exact) mass is 412 g/mol. The molecule has 3 aromatic heterocycles. The molecule has 0 radical (unpaired) electrons. The Hall–Kier alpha value is -4.27. The lowest BCUT2D eigenvalue weighted by Gasteiger charge is -2.22. The van der Waals surface area contributed by atoms with Crippen molar-refractivity contribution < 1.29 is 0 Å². The van der Waals surface area contributed by atoms with Crippen LogP contribution in [0.1, 0.15) is 25.2 Å². The van der Waals surface area contributed by atoms with Crippen molar-refractivity contribution in [3.05, 3.63) is 77.1 Å². The van der Waals surface area contributed by atoms with Gasteiger partial charge in [0.2, 0.25) is 5.95 Å². The van der Waals surface area contributed by atoms with Crippen molar-refractivity contribution in [1.29, 1.82) is 0 Å². The number of aromatic amines is 1. The normalized spacial score (nSPS) is 12.3. The zero-order chi connectivity index (χ0) is 21.4. The quantitative estimate of drug-likeness (QED) is 0.404. The average molecular weight is 412 g/mol. The number of para-hydroxylation sites is 2. The van der Waals surface area contributed by atoms with Gasteiger partial charge in [0.25, 0.3) is 5.56 Å². The van der Waals surface area contributed by atoms with Crippen LogP contribution >= 0.6 is 0 Å². The molecule has 1 atom stereocenters. The Bertz CT molecular complexity index is 1440. The molecule has 3 heterocycles. The maximum absolute atomic E-state index is 13.5. The third-order valence-corrected chi connectivity index (χ3v) is 5.15. The molecule has 5 aromatic rings. The molecular weight excluding hydrogens is 392 g/mol. The summed E-state index contributed by atoms with van der Waals surface area (Å²) in [5, 5.41) is 3.95. The number of aromatic nitrogens is 6. The predicted molar refractivity (Wildman–Crippen MR) is 120 cm³/mol. The van der Waals surface area contributed by atoms with E-state index in [1.54, 1.807) is 17.0 Å². The molecule has 0 aliphatic rings. The van der Waals surface area contributed by atoms with E-state index in [1.807, 2.05) is 55.5 Å². The van der Waals surface area contributed by atoms with Gasteiger partial charge in [0.05, 0.1) is 29.0 Å². The van der Waals surface area contributed by atoms with Crippen molar-refractivity contribution in [3.63, 3.8) is 0 Å². The molecule has 0 aliphatic carbocycles. The van der Waals surface area contributed by atoms with Crippen molar-refractivity contribution >= 4 is 33.8 Å². The van der Waals surface area contributed by atoms with Crippen LogP contribution in [0.4, 0.5) is 11.8 Å². The lowest BCUT2D eigenvalue weighted by atomic mass is 10.1. The average Bonchev–Trinajstić information content (AvgIpc) is 3.26. The summed E-state index contributed by atoms with van der Waals surface area (Å²) in [6, 6.07) is 16.5. The van der Waals surface area contributed by atoms with Crippen molar-refractivity contribution in [2.24, 2.45) is 0 Å². The van der Waals surface area contributed by atoms with Crippen LogP contribution in [0.15, 0.2) is 65.7 Å². The van der Waals surface area contributed by atoms with E-state index in [1.165, 1.54) is 0 Å². The number of anilines is 2. The number of nitrogens with two attached hydrogens (primary N) is 1. The summed E-state index contributed by atoms with van der Waals surface area (Å²) in [7, 11) is 0. The maximum atomic E-state index is 13.5. The SMILES string of the molecule is CCC(Nc1nc(N)nc2nc[nH]c12)c1nc2ccccc2c(=O)n1-c1ccccc1. The second-order valence-corrected chi connectivity index (χ2v) is 7.10. The third kappa shape index (κ3) is 3.25. The molecule has 5 rings (SSSR count). The number of fused-ring (bicyclic) bond motifs is 2. The van der Waals surface area contributed by atoms with Gasteiger partial charge in [-0.15, -0.1) is 0 Å². The van der Waals surface area contributed by atoms with E-state index in [4.69, 9.17) is 10.7 Å². The second kappa shape index (κ2) is 7.52.